The van der Waals surface area contributed by atoms with E-state index in [9.17, 15) is 5.11 Å². The fourth-order valence-corrected chi connectivity index (χ4v) is 3.82. The molecule has 0 aliphatic heterocycles. The highest BCUT2D eigenvalue weighted by Crippen LogP contribution is 2.44. The number of nitrogens with one attached hydrogen (secondary N) is 1. The molecule has 0 unspecified atom stereocenters. The molecule has 4 aromatic rings. The van der Waals surface area contributed by atoms with Crippen molar-refractivity contribution in [3.63, 3.8) is 0 Å². The fourth-order valence-electron chi connectivity index (χ4n) is 3.82. The van der Waals surface area contributed by atoms with E-state index in [1.807, 2.05) is 24.4 Å². The molecule has 0 amide bonds. The Morgan fingerprint density at radius 1 is 0.704 bits per heavy atom. The minimum absolute atomic E-state index is 0.0714. The molecule has 3 nitrogen and oxygen atoms in total. The summed E-state index contributed by atoms with van der Waals surface area (Å²) in [4.78, 5) is 8.01. The zero-order valence-corrected chi connectivity index (χ0v) is 15.0. The quantitative estimate of drug-likeness (QED) is 0.507. The van der Waals surface area contributed by atoms with Crippen LogP contribution in [0.25, 0.3) is 0 Å². The van der Waals surface area contributed by atoms with Gasteiger partial charge in [0.1, 0.15) is 5.82 Å². The van der Waals surface area contributed by atoms with Gasteiger partial charge in [-0.25, -0.2) is 4.98 Å². The molecule has 0 saturated heterocycles. The predicted molar refractivity (Wildman–Crippen MR) is 108 cm³/mol. The number of aromatic amines is 1. The van der Waals surface area contributed by atoms with Crippen LogP contribution in [0.15, 0.2) is 97.2 Å². The van der Waals surface area contributed by atoms with Crippen LogP contribution in [0.4, 0.5) is 0 Å². The number of benzene rings is 3. The number of nitrogens with zero attached hydrogens (tertiary/aromatic N) is 1. The van der Waals surface area contributed by atoms with E-state index in [4.69, 9.17) is 0 Å². The third-order valence-electron chi connectivity index (χ3n) is 5.00. The molecule has 0 saturated carbocycles. The molecule has 0 aliphatic carbocycles. The molecule has 0 fully saturated rings. The van der Waals surface area contributed by atoms with Crippen molar-refractivity contribution in [3.8, 4) is 0 Å². The van der Waals surface area contributed by atoms with Crippen molar-refractivity contribution in [1.29, 1.82) is 0 Å². The van der Waals surface area contributed by atoms with Gasteiger partial charge in [-0.15, -0.1) is 0 Å². The lowest BCUT2D eigenvalue weighted by Gasteiger charge is -2.35. The van der Waals surface area contributed by atoms with E-state index < -0.39 is 5.41 Å². The summed E-state index contributed by atoms with van der Waals surface area (Å²) in [6.45, 7) is 0.0714. The lowest BCUT2D eigenvalue weighted by atomic mass is 9.67. The van der Waals surface area contributed by atoms with E-state index in [-0.39, 0.29) is 6.61 Å². The van der Waals surface area contributed by atoms with Crippen LogP contribution in [0.5, 0.6) is 0 Å². The molecule has 134 valence electrons. The van der Waals surface area contributed by atoms with Gasteiger partial charge in [-0.05, 0) is 16.7 Å². The van der Waals surface area contributed by atoms with E-state index in [0.29, 0.717) is 6.42 Å². The number of rotatable bonds is 6. The van der Waals surface area contributed by atoms with Crippen molar-refractivity contribution in [2.45, 2.75) is 11.8 Å². The number of H-pyrrole nitrogens is 1. The summed E-state index contributed by atoms with van der Waals surface area (Å²) in [5.74, 6) is 0.791. The second-order valence-corrected chi connectivity index (χ2v) is 6.57. The molecule has 2 N–H and O–H groups in total. The monoisotopic (exact) mass is 354 g/mol. The molecule has 0 aliphatic rings. The minimum atomic E-state index is -0.509. The van der Waals surface area contributed by atoms with Gasteiger partial charge in [-0.3, -0.25) is 0 Å². The van der Waals surface area contributed by atoms with Crippen molar-refractivity contribution in [3.05, 3.63) is 125 Å². The van der Waals surface area contributed by atoms with Crippen LogP contribution in [0.3, 0.4) is 0 Å². The molecule has 4 rings (SSSR count). The molecule has 0 radical (unpaired) electrons. The highest BCUT2D eigenvalue weighted by Gasteiger charge is 2.39. The zero-order valence-electron chi connectivity index (χ0n) is 15.0. The van der Waals surface area contributed by atoms with Crippen LogP contribution in [0, 0.1) is 0 Å². The smallest absolute Gasteiger partial charge is 0.108 e. The summed E-state index contributed by atoms with van der Waals surface area (Å²) in [6, 6.07) is 31.5. The molecule has 0 atom stereocenters. The summed E-state index contributed by atoms with van der Waals surface area (Å²) < 4.78 is 0. The zero-order chi connectivity index (χ0) is 18.5. The van der Waals surface area contributed by atoms with Gasteiger partial charge in [0.2, 0.25) is 0 Å². The van der Waals surface area contributed by atoms with Gasteiger partial charge in [0.05, 0.1) is 17.7 Å². The summed E-state index contributed by atoms with van der Waals surface area (Å²) in [5, 5.41) is 9.32. The normalized spacial score (nSPS) is 11.4. The number of aromatic nitrogens is 2. The lowest BCUT2D eigenvalue weighted by molar-refractivity contribution is 0.297. The van der Waals surface area contributed by atoms with Gasteiger partial charge in [0.15, 0.2) is 0 Å². The molecule has 0 bridgehead atoms. The van der Waals surface area contributed by atoms with Crippen molar-refractivity contribution in [1.82, 2.24) is 9.97 Å². The van der Waals surface area contributed by atoms with Gasteiger partial charge in [-0.1, -0.05) is 91.0 Å². The topological polar surface area (TPSA) is 48.9 Å². The predicted octanol–water partition coefficient (Wildman–Crippen LogP) is 4.33. The van der Waals surface area contributed by atoms with Gasteiger partial charge in [0, 0.05) is 12.6 Å². The van der Waals surface area contributed by atoms with E-state index in [0.717, 1.165) is 11.5 Å². The number of aliphatic hydroxyl groups is 1. The van der Waals surface area contributed by atoms with Crippen molar-refractivity contribution < 1.29 is 5.11 Å². The first kappa shape index (κ1) is 17.3. The summed E-state index contributed by atoms with van der Waals surface area (Å²) in [5.41, 5.74) is 3.99. The first-order valence-electron chi connectivity index (χ1n) is 9.17. The van der Waals surface area contributed by atoms with E-state index in [1.165, 1.54) is 16.7 Å². The van der Waals surface area contributed by atoms with E-state index in [2.05, 4.69) is 82.8 Å². The Morgan fingerprint density at radius 3 is 1.56 bits per heavy atom. The third kappa shape index (κ3) is 3.07. The summed E-state index contributed by atoms with van der Waals surface area (Å²) >= 11 is 0. The first-order valence-corrected chi connectivity index (χ1v) is 9.17. The second kappa shape index (κ2) is 7.60. The summed E-state index contributed by atoms with van der Waals surface area (Å²) in [6.07, 6.45) is 2.41. The fraction of sp³-hybridized carbons (Fsp3) is 0.125. The third-order valence-corrected chi connectivity index (χ3v) is 5.00. The average molecular weight is 354 g/mol. The largest absolute Gasteiger partial charge is 0.396 e. The molecule has 1 heterocycles. The molecule has 27 heavy (non-hydrogen) atoms. The van der Waals surface area contributed by atoms with Gasteiger partial charge in [0.25, 0.3) is 0 Å². The standard InChI is InChI=1S/C24H22N2O/c27-17-16-23-25-18-22(26-23)24(19-10-4-1-5-11-19,20-12-6-2-7-13-20)21-14-8-3-9-15-21/h1-15,18,27H,16-17H2,(H,25,26). The number of aliphatic hydroxyl groups excluding tert-OH is 1. The van der Waals surface area contributed by atoms with Crippen LogP contribution in [-0.2, 0) is 11.8 Å². The summed E-state index contributed by atoms with van der Waals surface area (Å²) in [7, 11) is 0. The second-order valence-electron chi connectivity index (χ2n) is 6.57. The first-order chi connectivity index (χ1) is 13.4. The Balaban J connectivity index is 2.06. The van der Waals surface area contributed by atoms with Gasteiger partial charge in [-0.2, -0.15) is 0 Å². The van der Waals surface area contributed by atoms with E-state index in [1.54, 1.807) is 0 Å². The van der Waals surface area contributed by atoms with Crippen molar-refractivity contribution >= 4 is 0 Å². The average Bonchev–Trinajstić information content (AvgIpc) is 3.20. The maximum atomic E-state index is 9.32. The Kier molecular flexibility index (Phi) is 4.86. The Morgan fingerprint density at radius 2 is 1.15 bits per heavy atom. The highest BCUT2D eigenvalue weighted by atomic mass is 16.3. The maximum Gasteiger partial charge on any atom is 0.108 e. The Labute approximate surface area is 159 Å². The van der Waals surface area contributed by atoms with Crippen LogP contribution < -0.4 is 0 Å². The number of hydrogen-bond acceptors (Lipinski definition) is 2. The SMILES string of the molecule is OCCc1ncc(C(c2ccccc2)(c2ccccc2)c2ccccc2)[nH]1. The number of hydrogen-bond donors (Lipinski definition) is 2. The van der Waals surface area contributed by atoms with Gasteiger partial charge >= 0.3 is 0 Å². The Hall–Kier alpha value is -3.17. The van der Waals surface area contributed by atoms with Crippen LogP contribution in [-0.4, -0.2) is 21.7 Å². The Bertz CT molecular complexity index is 882. The highest BCUT2D eigenvalue weighted by molar-refractivity contribution is 5.57. The van der Waals surface area contributed by atoms with Crippen molar-refractivity contribution in [2.24, 2.45) is 0 Å². The molecule has 3 heteroatoms. The molecular formula is C24H22N2O. The van der Waals surface area contributed by atoms with Gasteiger partial charge < -0.3 is 10.1 Å². The van der Waals surface area contributed by atoms with Crippen LogP contribution in [0.1, 0.15) is 28.2 Å². The minimum Gasteiger partial charge on any atom is -0.396 e. The molecule has 3 aromatic carbocycles. The van der Waals surface area contributed by atoms with Crippen molar-refractivity contribution in [2.75, 3.05) is 6.61 Å². The van der Waals surface area contributed by atoms with Crippen LogP contribution >= 0.6 is 0 Å². The molecular weight excluding hydrogens is 332 g/mol. The van der Waals surface area contributed by atoms with E-state index >= 15 is 0 Å². The molecule has 1 aromatic heterocycles. The lowest BCUT2D eigenvalue weighted by Crippen LogP contribution is -2.31. The number of imidazole rings is 1. The molecule has 0 spiro atoms. The van der Waals surface area contributed by atoms with Crippen LogP contribution in [0.2, 0.25) is 0 Å². The maximum absolute atomic E-state index is 9.32.